The average molecular weight is 282 g/mol. The topological polar surface area (TPSA) is 58.2 Å². The lowest BCUT2D eigenvalue weighted by molar-refractivity contribution is 0.584. The molecule has 0 aliphatic rings. The number of hydrogen-bond acceptors (Lipinski definition) is 3. The van der Waals surface area contributed by atoms with Gasteiger partial charge in [0.25, 0.3) is 0 Å². The first kappa shape index (κ1) is 15.7. The smallest absolute Gasteiger partial charge is 0.242 e. The number of sulfonamides is 1. The van der Waals surface area contributed by atoms with E-state index in [4.69, 9.17) is 0 Å². The molecule has 19 heavy (non-hydrogen) atoms. The minimum absolute atomic E-state index is 0.191. The molecule has 2 N–H and O–H groups in total. The first-order chi connectivity index (χ1) is 9.01. The summed E-state index contributed by atoms with van der Waals surface area (Å²) >= 11 is 0. The molecule has 0 heterocycles. The van der Waals surface area contributed by atoms with Crippen LogP contribution in [0.5, 0.6) is 0 Å². The predicted molar refractivity (Wildman–Crippen MR) is 79.8 cm³/mol. The number of hydrogen-bond donors (Lipinski definition) is 2. The van der Waals surface area contributed by atoms with Gasteiger partial charge < -0.3 is 5.32 Å². The SMILES string of the molecule is C=CCCC(C)Nc1ccccc1S(=O)(=O)NCC. The van der Waals surface area contributed by atoms with Crippen LogP contribution in [0.3, 0.4) is 0 Å². The minimum Gasteiger partial charge on any atom is -0.381 e. The molecule has 0 aliphatic heterocycles. The van der Waals surface area contributed by atoms with E-state index in [1.54, 1.807) is 25.1 Å². The molecule has 4 nitrogen and oxygen atoms in total. The molecule has 0 bridgehead atoms. The highest BCUT2D eigenvalue weighted by Crippen LogP contribution is 2.22. The molecule has 106 valence electrons. The van der Waals surface area contributed by atoms with Crippen molar-refractivity contribution < 1.29 is 8.42 Å². The van der Waals surface area contributed by atoms with Crippen molar-refractivity contribution in [1.29, 1.82) is 0 Å². The molecule has 0 fully saturated rings. The zero-order valence-corrected chi connectivity index (χ0v) is 12.3. The fourth-order valence-electron chi connectivity index (χ4n) is 1.79. The summed E-state index contributed by atoms with van der Waals surface area (Å²) in [5.74, 6) is 0. The third-order valence-corrected chi connectivity index (χ3v) is 4.32. The summed E-state index contributed by atoms with van der Waals surface area (Å²) in [4.78, 5) is 0.294. The molecule has 0 aromatic heterocycles. The van der Waals surface area contributed by atoms with Crippen LogP contribution in [0.2, 0.25) is 0 Å². The van der Waals surface area contributed by atoms with Crippen molar-refractivity contribution in [2.24, 2.45) is 0 Å². The Bertz CT molecular complexity index is 512. The van der Waals surface area contributed by atoms with E-state index in [2.05, 4.69) is 16.6 Å². The Labute approximate surface area is 116 Å². The van der Waals surface area contributed by atoms with Gasteiger partial charge in [0, 0.05) is 12.6 Å². The maximum Gasteiger partial charge on any atom is 0.242 e. The van der Waals surface area contributed by atoms with Gasteiger partial charge in [-0.1, -0.05) is 25.1 Å². The molecular weight excluding hydrogens is 260 g/mol. The van der Waals surface area contributed by atoms with Gasteiger partial charge in [0.1, 0.15) is 4.90 Å². The Morgan fingerprint density at radius 3 is 2.68 bits per heavy atom. The molecule has 1 aromatic rings. The fraction of sp³-hybridized carbons (Fsp3) is 0.429. The molecule has 1 unspecified atom stereocenters. The van der Waals surface area contributed by atoms with Crippen LogP contribution >= 0.6 is 0 Å². The maximum absolute atomic E-state index is 12.1. The van der Waals surface area contributed by atoms with Gasteiger partial charge in [-0.25, -0.2) is 13.1 Å². The number of nitrogens with one attached hydrogen (secondary N) is 2. The van der Waals surface area contributed by atoms with Crippen LogP contribution in [0, 0.1) is 0 Å². The molecule has 0 saturated heterocycles. The van der Waals surface area contributed by atoms with Crippen LogP contribution in [-0.4, -0.2) is 21.0 Å². The van der Waals surface area contributed by atoms with Gasteiger partial charge in [0.2, 0.25) is 10.0 Å². The Morgan fingerprint density at radius 1 is 1.37 bits per heavy atom. The number of rotatable bonds is 8. The molecule has 5 heteroatoms. The quantitative estimate of drug-likeness (QED) is 0.721. The summed E-state index contributed by atoms with van der Waals surface area (Å²) in [6.45, 7) is 7.86. The number of para-hydroxylation sites is 1. The van der Waals surface area contributed by atoms with Gasteiger partial charge >= 0.3 is 0 Å². The lowest BCUT2D eigenvalue weighted by Crippen LogP contribution is -2.25. The van der Waals surface area contributed by atoms with Crippen molar-refractivity contribution in [3.05, 3.63) is 36.9 Å². The number of allylic oxidation sites excluding steroid dienone is 1. The third-order valence-electron chi connectivity index (χ3n) is 2.72. The van der Waals surface area contributed by atoms with Crippen molar-refractivity contribution in [2.75, 3.05) is 11.9 Å². The summed E-state index contributed by atoms with van der Waals surface area (Å²) < 4.78 is 26.7. The monoisotopic (exact) mass is 282 g/mol. The van der Waals surface area contributed by atoms with E-state index in [1.165, 1.54) is 0 Å². The van der Waals surface area contributed by atoms with Crippen LogP contribution in [0.15, 0.2) is 41.8 Å². The van der Waals surface area contributed by atoms with Crippen molar-refractivity contribution >= 4 is 15.7 Å². The van der Waals surface area contributed by atoms with Gasteiger partial charge in [-0.15, -0.1) is 6.58 Å². The highest BCUT2D eigenvalue weighted by atomic mass is 32.2. The lowest BCUT2D eigenvalue weighted by atomic mass is 10.1. The Balaban J connectivity index is 2.93. The summed E-state index contributed by atoms with van der Waals surface area (Å²) in [6.07, 6.45) is 3.68. The van der Waals surface area contributed by atoms with E-state index >= 15 is 0 Å². The van der Waals surface area contributed by atoms with Crippen LogP contribution in [0.4, 0.5) is 5.69 Å². The lowest BCUT2D eigenvalue weighted by Gasteiger charge is -2.17. The second kappa shape index (κ2) is 7.31. The molecule has 0 amide bonds. The fourth-order valence-corrected chi connectivity index (χ4v) is 3.00. The second-order valence-corrected chi connectivity index (χ2v) is 6.14. The van der Waals surface area contributed by atoms with Crippen LogP contribution in [0.1, 0.15) is 26.7 Å². The maximum atomic E-state index is 12.1. The van der Waals surface area contributed by atoms with Gasteiger partial charge in [-0.05, 0) is 31.9 Å². The summed E-state index contributed by atoms with van der Waals surface area (Å²) in [5.41, 5.74) is 0.639. The molecule has 1 atom stereocenters. The van der Waals surface area contributed by atoms with Crippen molar-refractivity contribution in [1.82, 2.24) is 4.72 Å². The third kappa shape index (κ3) is 4.69. The van der Waals surface area contributed by atoms with E-state index in [-0.39, 0.29) is 6.04 Å². The van der Waals surface area contributed by atoms with Gasteiger partial charge in [0.15, 0.2) is 0 Å². The Morgan fingerprint density at radius 2 is 2.05 bits per heavy atom. The molecular formula is C14H22N2O2S. The molecule has 1 rings (SSSR count). The zero-order chi connectivity index (χ0) is 14.3. The zero-order valence-electron chi connectivity index (χ0n) is 11.5. The molecule has 0 radical (unpaired) electrons. The second-order valence-electron chi connectivity index (χ2n) is 4.41. The van der Waals surface area contributed by atoms with E-state index in [0.717, 1.165) is 12.8 Å². The first-order valence-electron chi connectivity index (χ1n) is 6.47. The van der Waals surface area contributed by atoms with Crippen molar-refractivity contribution in [3.8, 4) is 0 Å². The molecule has 0 spiro atoms. The molecule has 1 aromatic carbocycles. The van der Waals surface area contributed by atoms with E-state index < -0.39 is 10.0 Å². The van der Waals surface area contributed by atoms with E-state index in [1.807, 2.05) is 19.1 Å². The highest BCUT2D eigenvalue weighted by Gasteiger charge is 2.17. The normalized spacial score (nSPS) is 12.9. The van der Waals surface area contributed by atoms with Gasteiger partial charge in [0.05, 0.1) is 5.69 Å². The number of benzene rings is 1. The summed E-state index contributed by atoms with van der Waals surface area (Å²) in [5, 5.41) is 3.24. The van der Waals surface area contributed by atoms with Crippen LogP contribution in [-0.2, 0) is 10.0 Å². The van der Waals surface area contributed by atoms with Crippen molar-refractivity contribution in [3.63, 3.8) is 0 Å². The van der Waals surface area contributed by atoms with Gasteiger partial charge in [-0.3, -0.25) is 0 Å². The van der Waals surface area contributed by atoms with Crippen LogP contribution in [0.25, 0.3) is 0 Å². The molecule has 0 saturated carbocycles. The number of anilines is 1. The predicted octanol–water partition coefficient (Wildman–Crippen LogP) is 2.75. The first-order valence-corrected chi connectivity index (χ1v) is 7.95. The summed E-state index contributed by atoms with van der Waals surface area (Å²) in [6, 6.07) is 7.14. The Hall–Kier alpha value is -1.33. The Kier molecular flexibility index (Phi) is 6.05. The average Bonchev–Trinajstić information content (AvgIpc) is 2.36. The highest BCUT2D eigenvalue weighted by molar-refractivity contribution is 7.89. The largest absolute Gasteiger partial charge is 0.381 e. The van der Waals surface area contributed by atoms with Crippen molar-refractivity contribution in [2.45, 2.75) is 37.6 Å². The van der Waals surface area contributed by atoms with Crippen LogP contribution < -0.4 is 10.0 Å². The standard InChI is InChI=1S/C14H22N2O2S/c1-4-6-9-12(3)16-13-10-7-8-11-14(13)19(17,18)15-5-2/h4,7-8,10-12,15-16H,1,5-6,9H2,2-3H3. The van der Waals surface area contributed by atoms with E-state index in [9.17, 15) is 8.42 Å². The minimum atomic E-state index is -3.44. The van der Waals surface area contributed by atoms with E-state index in [0.29, 0.717) is 17.1 Å². The summed E-state index contributed by atoms with van der Waals surface area (Å²) in [7, 11) is -3.44. The van der Waals surface area contributed by atoms with Gasteiger partial charge in [-0.2, -0.15) is 0 Å². The molecule has 0 aliphatic carbocycles.